The Labute approximate surface area is 137 Å². The van der Waals surface area contributed by atoms with E-state index >= 15 is 0 Å². The van der Waals surface area contributed by atoms with Crippen molar-refractivity contribution in [2.75, 3.05) is 26.2 Å². The van der Waals surface area contributed by atoms with Gasteiger partial charge in [-0.1, -0.05) is 0 Å². The van der Waals surface area contributed by atoms with Crippen molar-refractivity contribution in [1.29, 1.82) is 0 Å². The fourth-order valence-corrected chi connectivity index (χ4v) is 3.14. The van der Waals surface area contributed by atoms with Gasteiger partial charge >= 0.3 is 0 Å². The van der Waals surface area contributed by atoms with Crippen LogP contribution in [0.1, 0.15) is 40.0 Å². The van der Waals surface area contributed by atoms with Crippen molar-refractivity contribution < 1.29 is 19.1 Å². The van der Waals surface area contributed by atoms with E-state index in [2.05, 4.69) is 31.0 Å². The number of hydrogen-bond acceptors (Lipinski definition) is 5. The van der Waals surface area contributed by atoms with Crippen LogP contribution in [0.3, 0.4) is 0 Å². The maximum absolute atomic E-state index is 11.9. The Kier molecular flexibility index (Phi) is 6.12. The third-order valence-corrected chi connectivity index (χ3v) is 4.38. The van der Waals surface area contributed by atoms with Crippen molar-refractivity contribution >= 4 is 17.7 Å². The lowest BCUT2D eigenvalue weighted by Crippen LogP contribution is -2.52. The van der Waals surface area contributed by atoms with Gasteiger partial charge in [0.2, 0.25) is 17.7 Å². The minimum absolute atomic E-state index is 0.126. The molecule has 0 bridgehead atoms. The van der Waals surface area contributed by atoms with Gasteiger partial charge in [-0.15, -0.1) is 0 Å². The van der Waals surface area contributed by atoms with Gasteiger partial charge in [0, 0.05) is 51.5 Å². The van der Waals surface area contributed by atoms with Gasteiger partial charge in [0.05, 0.1) is 12.2 Å². The lowest BCUT2D eigenvalue weighted by molar-refractivity contribution is -0.138. The summed E-state index contributed by atoms with van der Waals surface area (Å²) in [6.07, 6.45) is 1.10. The summed E-state index contributed by atoms with van der Waals surface area (Å²) in [7, 11) is 0. The first-order chi connectivity index (χ1) is 10.9. The smallest absolute Gasteiger partial charge is 0.229 e. The molecule has 1 N–H and O–H groups in total. The van der Waals surface area contributed by atoms with E-state index in [4.69, 9.17) is 4.74 Å². The Bertz CT molecular complexity index is 442. The summed E-state index contributed by atoms with van der Waals surface area (Å²) in [5.41, 5.74) is 0. The zero-order chi connectivity index (χ0) is 17.0. The number of morpholine rings is 1. The van der Waals surface area contributed by atoms with E-state index in [1.807, 2.05) is 0 Å². The van der Waals surface area contributed by atoms with Gasteiger partial charge in [0.1, 0.15) is 0 Å². The second-order valence-electron chi connectivity index (χ2n) is 6.55. The molecule has 3 amide bonds. The summed E-state index contributed by atoms with van der Waals surface area (Å²) in [5, 5.41) is 2.89. The molecule has 2 aliphatic heterocycles. The molecule has 7 nitrogen and oxygen atoms in total. The van der Waals surface area contributed by atoms with Crippen molar-refractivity contribution in [2.45, 2.75) is 58.3 Å². The lowest BCUT2D eigenvalue weighted by atomic mass is 10.1. The second kappa shape index (κ2) is 7.88. The third kappa shape index (κ3) is 5.00. The van der Waals surface area contributed by atoms with Gasteiger partial charge in [0.15, 0.2) is 0 Å². The SMILES string of the molecule is CC1CN(C(C)CNC(=O)CCN2C(=O)CCC2=O)CC(C)O1. The molecule has 0 spiro atoms. The van der Waals surface area contributed by atoms with Gasteiger partial charge in [-0.3, -0.25) is 24.2 Å². The summed E-state index contributed by atoms with van der Waals surface area (Å²) in [6.45, 7) is 8.65. The average molecular weight is 325 g/mol. The molecule has 3 atom stereocenters. The number of amides is 3. The molecule has 23 heavy (non-hydrogen) atoms. The van der Waals surface area contributed by atoms with E-state index in [-0.39, 0.29) is 61.8 Å². The largest absolute Gasteiger partial charge is 0.373 e. The van der Waals surface area contributed by atoms with Crippen molar-refractivity contribution in [3.8, 4) is 0 Å². The van der Waals surface area contributed by atoms with Crippen LogP contribution in [0, 0.1) is 0 Å². The molecule has 2 heterocycles. The number of nitrogens with one attached hydrogen (secondary N) is 1. The maximum Gasteiger partial charge on any atom is 0.229 e. The number of hydrogen-bond donors (Lipinski definition) is 1. The molecule has 2 saturated heterocycles. The predicted octanol–water partition coefficient (Wildman–Crippen LogP) is 0.139. The summed E-state index contributed by atoms with van der Waals surface area (Å²) >= 11 is 0. The highest BCUT2D eigenvalue weighted by Crippen LogP contribution is 2.13. The van der Waals surface area contributed by atoms with Crippen LogP contribution in [0.2, 0.25) is 0 Å². The van der Waals surface area contributed by atoms with Gasteiger partial charge in [-0.05, 0) is 20.8 Å². The van der Waals surface area contributed by atoms with Crippen LogP contribution in [0.4, 0.5) is 0 Å². The van der Waals surface area contributed by atoms with E-state index in [1.165, 1.54) is 4.90 Å². The number of imide groups is 1. The number of nitrogens with zero attached hydrogens (tertiary/aromatic N) is 2. The predicted molar refractivity (Wildman–Crippen MR) is 84.6 cm³/mol. The first-order valence-electron chi connectivity index (χ1n) is 8.36. The van der Waals surface area contributed by atoms with Crippen LogP contribution in [0.15, 0.2) is 0 Å². The highest BCUT2D eigenvalue weighted by Gasteiger charge is 2.29. The molecule has 0 aromatic carbocycles. The molecule has 2 fully saturated rings. The van der Waals surface area contributed by atoms with Gasteiger partial charge in [-0.2, -0.15) is 0 Å². The number of likely N-dealkylation sites (tertiary alicyclic amines) is 1. The van der Waals surface area contributed by atoms with E-state index in [1.54, 1.807) is 0 Å². The first kappa shape index (κ1) is 17.9. The molecule has 130 valence electrons. The normalized spacial score (nSPS) is 27.3. The van der Waals surface area contributed by atoms with Crippen molar-refractivity contribution in [3.63, 3.8) is 0 Å². The minimum atomic E-state index is -0.174. The Hall–Kier alpha value is -1.47. The van der Waals surface area contributed by atoms with Crippen LogP contribution in [-0.2, 0) is 19.1 Å². The quantitative estimate of drug-likeness (QED) is 0.703. The monoisotopic (exact) mass is 325 g/mol. The second-order valence-corrected chi connectivity index (χ2v) is 6.55. The van der Waals surface area contributed by atoms with Crippen molar-refractivity contribution in [3.05, 3.63) is 0 Å². The third-order valence-electron chi connectivity index (χ3n) is 4.38. The summed E-state index contributed by atoms with van der Waals surface area (Å²) in [4.78, 5) is 38.4. The number of rotatable bonds is 6. The summed E-state index contributed by atoms with van der Waals surface area (Å²) in [5.74, 6) is -0.473. The zero-order valence-electron chi connectivity index (χ0n) is 14.2. The van der Waals surface area contributed by atoms with Crippen LogP contribution in [0.5, 0.6) is 0 Å². The Balaban J connectivity index is 1.69. The molecule has 0 saturated carbocycles. The molecule has 7 heteroatoms. The molecular weight excluding hydrogens is 298 g/mol. The Morgan fingerprint density at radius 2 is 1.78 bits per heavy atom. The fourth-order valence-electron chi connectivity index (χ4n) is 3.14. The van der Waals surface area contributed by atoms with Crippen molar-refractivity contribution in [2.24, 2.45) is 0 Å². The Morgan fingerprint density at radius 1 is 1.22 bits per heavy atom. The van der Waals surface area contributed by atoms with Crippen LogP contribution in [0.25, 0.3) is 0 Å². The average Bonchev–Trinajstić information content (AvgIpc) is 2.80. The number of carbonyl (C=O) groups is 3. The van der Waals surface area contributed by atoms with Crippen LogP contribution in [-0.4, -0.2) is 72.0 Å². The molecule has 0 aromatic rings. The summed E-state index contributed by atoms with van der Waals surface area (Å²) in [6, 6.07) is 0.225. The number of ether oxygens (including phenoxy) is 1. The molecule has 0 radical (unpaired) electrons. The van der Waals surface area contributed by atoms with E-state index < -0.39 is 0 Å². The molecule has 0 aromatic heterocycles. The molecule has 3 unspecified atom stereocenters. The molecule has 2 aliphatic rings. The lowest BCUT2D eigenvalue weighted by Gasteiger charge is -2.39. The maximum atomic E-state index is 11.9. The minimum Gasteiger partial charge on any atom is -0.373 e. The molecule has 2 rings (SSSR count). The molecule has 0 aliphatic carbocycles. The highest BCUT2D eigenvalue weighted by molar-refractivity contribution is 6.02. The van der Waals surface area contributed by atoms with E-state index in [9.17, 15) is 14.4 Å². The highest BCUT2D eigenvalue weighted by atomic mass is 16.5. The van der Waals surface area contributed by atoms with E-state index in [0.717, 1.165) is 13.1 Å². The van der Waals surface area contributed by atoms with Crippen LogP contribution >= 0.6 is 0 Å². The van der Waals surface area contributed by atoms with Gasteiger partial charge in [0.25, 0.3) is 0 Å². The van der Waals surface area contributed by atoms with Crippen molar-refractivity contribution in [1.82, 2.24) is 15.1 Å². The topological polar surface area (TPSA) is 79.0 Å². The van der Waals surface area contributed by atoms with Crippen LogP contribution < -0.4 is 5.32 Å². The number of carbonyl (C=O) groups excluding carboxylic acids is 3. The van der Waals surface area contributed by atoms with Gasteiger partial charge in [-0.25, -0.2) is 0 Å². The zero-order valence-corrected chi connectivity index (χ0v) is 14.2. The van der Waals surface area contributed by atoms with E-state index in [0.29, 0.717) is 6.54 Å². The Morgan fingerprint density at radius 3 is 2.35 bits per heavy atom. The summed E-state index contributed by atoms with van der Waals surface area (Å²) < 4.78 is 5.71. The van der Waals surface area contributed by atoms with Gasteiger partial charge < -0.3 is 10.1 Å². The fraction of sp³-hybridized carbons (Fsp3) is 0.812. The first-order valence-corrected chi connectivity index (χ1v) is 8.36. The standard InChI is InChI=1S/C16H27N3O4/c1-11(18-9-12(2)23-13(3)10-18)8-17-14(20)6-7-19-15(21)4-5-16(19)22/h11-13H,4-10H2,1-3H3,(H,17,20). The molecular formula is C16H27N3O4.